The average Bonchev–Trinajstić information content (AvgIpc) is 2.39. The second-order valence-corrected chi connectivity index (χ2v) is 8.81. The van der Waals surface area contributed by atoms with Crippen molar-refractivity contribution in [1.82, 2.24) is 0 Å². The Hall–Kier alpha value is -0.520. The summed E-state index contributed by atoms with van der Waals surface area (Å²) in [4.78, 5) is 0. The van der Waals surface area contributed by atoms with Crippen LogP contribution in [-0.4, -0.2) is 0 Å². The first-order valence-corrected chi connectivity index (χ1v) is 8.66. The lowest BCUT2D eigenvalue weighted by Crippen LogP contribution is -2.58. The molecule has 0 nitrogen and oxygen atoms in total. The minimum absolute atomic E-state index is 0.424. The van der Waals surface area contributed by atoms with Crippen molar-refractivity contribution in [2.45, 2.75) is 67.2 Å². The van der Waals surface area contributed by atoms with Crippen LogP contribution >= 0.6 is 0 Å². The highest BCUT2D eigenvalue weighted by Crippen LogP contribution is 2.70. The van der Waals surface area contributed by atoms with E-state index in [0.29, 0.717) is 16.2 Å². The molecule has 1 saturated carbocycles. The first-order chi connectivity index (χ1) is 9.25. The zero-order valence-electron chi connectivity index (χ0n) is 14.3. The summed E-state index contributed by atoms with van der Waals surface area (Å²) in [5, 5.41) is 0. The summed E-state index contributed by atoms with van der Waals surface area (Å²) in [6.45, 7) is 14.7. The van der Waals surface area contributed by atoms with Gasteiger partial charge in [-0.2, -0.15) is 0 Å². The standard InChI is InChI=1S/C20H32/c1-14(2)16-7-8-19(6)17(13-16)20(15(3)4)11-9-18(19,5)10-12-20/h9,11,13-15,17H,7-8,10,12H2,1-6H3. The third kappa shape index (κ3) is 1.60. The molecule has 20 heavy (non-hydrogen) atoms. The van der Waals surface area contributed by atoms with Crippen LogP contribution in [0.5, 0.6) is 0 Å². The monoisotopic (exact) mass is 272 g/mol. The summed E-state index contributed by atoms with van der Waals surface area (Å²) in [5.41, 5.74) is 3.04. The molecule has 4 atom stereocenters. The highest BCUT2D eigenvalue weighted by atomic mass is 14.7. The van der Waals surface area contributed by atoms with Crippen LogP contribution in [0.4, 0.5) is 0 Å². The van der Waals surface area contributed by atoms with Crippen LogP contribution in [0.1, 0.15) is 67.2 Å². The number of hydrogen-bond acceptors (Lipinski definition) is 0. The van der Waals surface area contributed by atoms with Crippen molar-refractivity contribution in [3.8, 4) is 0 Å². The van der Waals surface area contributed by atoms with Gasteiger partial charge in [-0.15, -0.1) is 0 Å². The second kappa shape index (κ2) is 4.24. The molecule has 0 N–H and O–H groups in total. The summed E-state index contributed by atoms with van der Waals surface area (Å²) in [6, 6.07) is 0. The molecule has 0 radical (unpaired) electrons. The maximum Gasteiger partial charge on any atom is -0.00264 e. The fraction of sp³-hybridized carbons (Fsp3) is 0.800. The van der Waals surface area contributed by atoms with Gasteiger partial charge in [-0.3, -0.25) is 0 Å². The Balaban J connectivity index is 2.15. The maximum atomic E-state index is 2.72. The van der Waals surface area contributed by atoms with Crippen molar-refractivity contribution in [2.24, 2.45) is 34.0 Å². The van der Waals surface area contributed by atoms with Crippen LogP contribution in [-0.2, 0) is 0 Å². The van der Waals surface area contributed by atoms with E-state index in [-0.39, 0.29) is 0 Å². The van der Waals surface area contributed by atoms with Gasteiger partial charge < -0.3 is 0 Å². The first kappa shape index (κ1) is 14.4. The molecule has 0 spiro atoms. The molecular weight excluding hydrogens is 240 g/mol. The Labute approximate surface area is 125 Å². The van der Waals surface area contributed by atoms with E-state index in [0.717, 1.165) is 17.8 Å². The van der Waals surface area contributed by atoms with E-state index in [1.54, 1.807) is 5.57 Å². The number of allylic oxidation sites excluding steroid dienone is 4. The predicted molar refractivity (Wildman–Crippen MR) is 87.5 cm³/mol. The quantitative estimate of drug-likeness (QED) is 0.541. The Kier molecular flexibility index (Phi) is 3.06. The zero-order valence-corrected chi connectivity index (χ0v) is 14.3. The summed E-state index contributed by atoms with van der Waals surface area (Å²) in [6.07, 6.45) is 13.4. The smallest absolute Gasteiger partial charge is 0.00264 e. The Morgan fingerprint density at radius 2 is 1.70 bits per heavy atom. The second-order valence-electron chi connectivity index (χ2n) is 8.81. The van der Waals surface area contributed by atoms with E-state index in [2.05, 4.69) is 59.8 Å². The van der Waals surface area contributed by atoms with E-state index < -0.39 is 0 Å². The normalized spacial score (nSPS) is 46.8. The van der Waals surface area contributed by atoms with Gasteiger partial charge in [0.1, 0.15) is 0 Å². The maximum absolute atomic E-state index is 2.72. The number of fused-ring (bicyclic) bond motifs is 1. The molecule has 2 bridgehead atoms. The topological polar surface area (TPSA) is 0 Å². The van der Waals surface area contributed by atoms with Crippen molar-refractivity contribution < 1.29 is 0 Å². The molecule has 0 aromatic rings. The van der Waals surface area contributed by atoms with Crippen molar-refractivity contribution in [1.29, 1.82) is 0 Å². The minimum atomic E-state index is 0.424. The lowest BCUT2D eigenvalue weighted by atomic mass is 9.38. The van der Waals surface area contributed by atoms with Gasteiger partial charge in [0.25, 0.3) is 0 Å². The molecular formula is C20H32. The van der Waals surface area contributed by atoms with E-state index in [9.17, 15) is 0 Å². The Morgan fingerprint density at radius 1 is 1.00 bits per heavy atom. The van der Waals surface area contributed by atoms with E-state index in [1.165, 1.54) is 25.7 Å². The van der Waals surface area contributed by atoms with Gasteiger partial charge in [-0.1, -0.05) is 65.3 Å². The number of hydrogen-bond donors (Lipinski definition) is 0. The van der Waals surface area contributed by atoms with Gasteiger partial charge in [-0.25, -0.2) is 0 Å². The minimum Gasteiger partial charge on any atom is -0.0814 e. The van der Waals surface area contributed by atoms with Gasteiger partial charge in [0, 0.05) is 0 Å². The average molecular weight is 272 g/mol. The van der Waals surface area contributed by atoms with Crippen LogP contribution in [0.15, 0.2) is 23.8 Å². The summed E-state index contributed by atoms with van der Waals surface area (Å²) >= 11 is 0. The van der Waals surface area contributed by atoms with E-state index in [1.807, 2.05) is 0 Å². The van der Waals surface area contributed by atoms with Crippen LogP contribution in [0.25, 0.3) is 0 Å². The third-order valence-electron chi connectivity index (χ3n) is 7.54. The highest BCUT2D eigenvalue weighted by molar-refractivity contribution is 5.32. The highest BCUT2D eigenvalue weighted by Gasteiger charge is 2.62. The molecule has 4 aliphatic rings. The van der Waals surface area contributed by atoms with Crippen LogP contribution < -0.4 is 0 Å². The fourth-order valence-electron chi connectivity index (χ4n) is 5.47. The lowest BCUT2D eigenvalue weighted by Gasteiger charge is -2.66. The van der Waals surface area contributed by atoms with E-state index in [4.69, 9.17) is 0 Å². The SMILES string of the molecule is CC(C)C1=CC2C3(C(C)C)C=CC(C)(CC3)C2(C)CC1. The summed E-state index contributed by atoms with van der Waals surface area (Å²) in [5.74, 6) is 2.22. The number of rotatable bonds is 2. The molecule has 0 amide bonds. The van der Waals surface area contributed by atoms with Crippen LogP contribution in [0.2, 0.25) is 0 Å². The van der Waals surface area contributed by atoms with Crippen molar-refractivity contribution in [2.75, 3.05) is 0 Å². The molecule has 0 heterocycles. The van der Waals surface area contributed by atoms with Gasteiger partial charge in [-0.05, 0) is 59.7 Å². The molecule has 112 valence electrons. The van der Waals surface area contributed by atoms with Gasteiger partial charge >= 0.3 is 0 Å². The lowest BCUT2D eigenvalue weighted by molar-refractivity contribution is -0.0963. The first-order valence-electron chi connectivity index (χ1n) is 8.66. The van der Waals surface area contributed by atoms with E-state index >= 15 is 0 Å². The largest absolute Gasteiger partial charge is 0.0814 e. The van der Waals surface area contributed by atoms with Crippen molar-refractivity contribution in [3.05, 3.63) is 23.8 Å². The summed E-state index contributed by atoms with van der Waals surface area (Å²) in [7, 11) is 0. The molecule has 0 aliphatic heterocycles. The Morgan fingerprint density at radius 3 is 2.20 bits per heavy atom. The third-order valence-corrected chi connectivity index (χ3v) is 7.54. The molecule has 1 fully saturated rings. The predicted octanol–water partition coefficient (Wildman–Crippen LogP) is 6.00. The molecule has 0 saturated heterocycles. The Bertz CT molecular complexity index is 466. The zero-order chi connectivity index (χ0) is 14.8. The molecule has 0 aromatic heterocycles. The molecule has 0 aromatic carbocycles. The molecule has 4 rings (SSSR count). The van der Waals surface area contributed by atoms with Gasteiger partial charge in [0.05, 0.1) is 0 Å². The molecule has 4 unspecified atom stereocenters. The molecule has 4 aliphatic carbocycles. The van der Waals surface area contributed by atoms with Gasteiger partial charge in [0.2, 0.25) is 0 Å². The van der Waals surface area contributed by atoms with Crippen molar-refractivity contribution >= 4 is 0 Å². The van der Waals surface area contributed by atoms with Crippen LogP contribution in [0.3, 0.4) is 0 Å². The van der Waals surface area contributed by atoms with Crippen LogP contribution in [0, 0.1) is 34.0 Å². The van der Waals surface area contributed by atoms with Crippen molar-refractivity contribution in [3.63, 3.8) is 0 Å². The summed E-state index contributed by atoms with van der Waals surface area (Å²) < 4.78 is 0. The fourth-order valence-corrected chi connectivity index (χ4v) is 5.47. The molecule has 0 heteroatoms. The van der Waals surface area contributed by atoms with Gasteiger partial charge in [0.15, 0.2) is 0 Å².